The molecule has 0 spiro atoms. The number of amides is 1. The monoisotopic (exact) mass is 406 g/mol. The summed E-state index contributed by atoms with van der Waals surface area (Å²) in [7, 11) is 0. The molecular weight excluding hydrogens is 386 g/mol. The number of rotatable bonds is 4. The summed E-state index contributed by atoms with van der Waals surface area (Å²) in [5.41, 5.74) is 1.54. The minimum Gasteiger partial charge on any atom is -0.467 e. The van der Waals surface area contributed by atoms with E-state index in [-0.39, 0.29) is 17.5 Å². The van der Waals surface area contributed by atoms with Gasteiger partial charge < -0.3 is 9.64 Å². The number of ether oxygens (including phenoxy) is 1. The van der Waals surface area contributed by atoms with Gasteiger partial charge >= 0.3 is 0 Å². The molecule has 4 rings (SSSR count). The molecule has 28 heavy (non-hydrogen) atoms. The van der Waals surface area contributed by atoms with Gasteiger partial charge in [-0.25, -0.2) is 8.78 Å². The van der Waals surface area contributed by atoms with Crippen LogP contribution in [0.3, 0.4) is 0 Å². The standard InChI is InChI=1S/C19H20F2N4O2S/c1-3-25-11(2)8-15(23-25)18(26)24-6-4-13(5-7-24)27-19-22-17-14(21)9-12(20)10-16(17)28-19/h8-10,13H,3-7H2,1-2H3. The molecule has 1 amide bonds. The van der Waals surface area contributed by atoms with Crippen molar-refractivity contribution in [3.63, 3.8) is 0 Å². The number of nitrogens with zero attached hydrogens (tertiary/aromatic N) is 4. The van der Waals surface area contributed by atoms with Crippen molar-refractivity contribution >= 4 is 27.5 Å². The van der Waals surface area contributed by atoms with Gasteiger partial charge in [0.05, 0.1) is 4.70 Å². The van der Waals surface area contributed by atoms with E-state index < -0.39 is 11.6 Å². The minimum absolute atomic E-state index is 0.0775. The van der Waals surface area contributed by atoms with E-state index in [0.29, 0.717) is 41.5 Å². The molecule has 0 unspecified atom stereocenters. The maximum atomic E-state index is 13.8. The largest absolute Gasteiger partial charge is 0.467 e. The van der Waals surface area contributed by atoms with Gasteiger partial charge in [0.15, 0.2) is 11.5 Å². The number of benzene rings is 1. The highest BCUT2D eigenvalue weighted by Gasteiger charge is 2.27. The molecule has 1 aliphatic heterocycles. The summed E-state index contributed by atoms with van der Waals surface area (Å²) >= 11 is 1.12. The smallest absolute Gasteiger partial charge is 0.274 e. The number of carbonyl (C=O) groups excluding carboxylic acids is 1. The Morgan fingerprint density at radius 2 is 2.04 bits per heavy atom. The Bertz CT molecular complexity index is 1020. The lowest BCUT2D eigenvalue weighted by molar-refractivity contribution is 0.0589. The van der Waals surface area contributed by atoms with Crippen LogP contribution in [-0.4, -0.2) is 44.8 Å². The molecule has 148 valence electrons. The van der Waals surface area contributed by atoms with Gasteiger partial charge in [0, 0.05) is 44.2 Å². The quantitative estimate of drug-likeness (QED) is 0.662. The lowest BCUT2D eigenvalue weighted by Gasteiger charge is -2.31. The number of piperidine rings is 1. The van der Waals surface area contributed by atoms with E-state index >= 15 is 0 Å². The number of aryl methyl sites for hydroxylation is 2. The number of hydrogen-bond acceptors (Lipinski definition) is 5. The number of aromatic nitrogens is 3. The summed E-state index contributed by atoms with van der Waals surface area (Å²) in [6.07, 6.45) is 1.17. The van der Waals surface area contributed by atoms with Crippen molar-refractivity contribution in [1.29, 1.82) is 0 Å². The van der Waals surface area contributed by atoms with Gasteiger partial charge in [0.25, 0.3) is 11.1 Å². The molecule has 1 aromatic carbocycles. The highest BCUT2D eigenvalue weighted by molar-refractivity contribution is 7.20. The molecule has 9 heteroatoms. The van der Waals surface area contributed by atoms with E-state index in [1.165, 1.54) is 6.07 Å². The SMILES string of the molecule is CCn1nc(C(=O)N2CCC(Oc3nc4c(F)cc(F)cc4s3)CC2)cc1C. The zero-order valence-corrected chi connectivity index (χ0v) is 16.4. The molecule has 1 saturated heterocycles. The van der Waals surface area contributed by atoms with Gasteiger partial charge in [-0.3, -0.25) is 9.48 Å². The molecule has 0 radical (unpaired) electrons. The molecule has 0 aliphatic carbocycles. The zero-order chi connectivity index (χ0) is 19.8. The molecule has 0 saturated carbocycles. The van der Waals surface area contributed by atoms with Crippen LogP contribution in [0.4, 0.5) is 8.78 Å². The fourth-order valence-corrected chi connectivity index (χ4v) is 4.32. The third kappa shape index (κ3) is 3.58. The van der Waals surface area contributed by atoms with Crippen molar-refractivity contribution in [3.8, 4) is 5.19 Å². The van der Waals surface area contributed by atoms with Crippen LogP contribution in [0.2, 0.25) is 0 Å². The Morgan fingerprint density at radius 3 is 2.71 bits per heavy atom. The Hall–Kier alpha value is -2.55. The van der Waals surface area contributed by atoms with Gasteiger partial charge in [-0.2, -0.15) is 10.1 Å². The molecule has 1 aliphatic rings. The number of fused-ring (bicyclic) bond motifs is 1. The summed E-state index contributed by atoms with van der Waals surface area (Å²) in [6.45, 7) is 5.74. The summed E-state index contributed by atoms with van der Waals surface area (Å²) in [6, 6.07) is 3.88. The zero-order valence-electron chi connectivity index (χ0n) is 15.6. The summed E-state index contributed by atoms with van der Waals surface area (Å²) in [5.74, 6) is -1.40. The fourth-order valence-electron chi connectivity index (χ4n) is 3.40. The summed E-state index contributed by atoms with van der Waals surface area (Å²) < 4.78 is 35.2. The van der Waals surface area contributed by atoms with Gasteiger partial charge in [0.1, 0.15) is 17.4 Å². The van der Waals surface area contributed by atoms with Crippen LogP contribution in [0.1, 0.15) is 35.9 Å². The molecule has 0 N–H and O–H groups in total. The van der Waals surface area contributed by atoms with Gasteiger partial charge in [-0.1, -0.05) is 11.3 Å². The summed E-state index contributed by atoms with van der Waals surface area (Å²) in [4.78, 5) is 18.6. The molecule has 1 fully saturated rings. The predicted molar refractivity (Wildman–Crippen MR) is 102 cm³/mol. The van der Waals surface area contributed by atoms with Crippen molar-refractivity contribution < 1.29 is 18.3 Å². The van der Waals surface area contributed by atoms with Crippen LogP contribution in [0.25, 0.3) is 10.2 Å². The molecule has 3 aromatic rings. The van der Waals surface area contributed by atoms with Crippen LogP contribution in [0.5, 0.6) is 5.19 Å². The van der Waals surface area contributed by atoms with Crippen molar-refractivity contribution in [2.45, 2.75) is 39.3 Å². The average molecular weight is 406 g/mol. The number of halogens is 2. The molecule has 2 aromatic heterocycles. The molecule has 0 atom stereocenters. The first-order chi connectivity index (χ1) is 13.4. The third-order valence-corrected chi connectivity index (χ3v) is 5.78. The van der Waals surface area contributed by atoms with Crippen molar-refractivity contribution in [2.24, 2.45) is 0 Å². The first kappa shape index (κ1) is 18.8. The lowest BCUT2D eigenvalue weighted by Crippen LogP contribution is -2.42. The van der Waals surface area contributed by atoms with Crippen molar-refractivity contribution in [3.05, 3.63) is 41.2 Å². The van der Waals surface area contributed by atoms with Crippen LogP contribution in [0, 0.1) is 18.6 Å². The van der Waals surface area contributed by atoms with E-state index in [1.807, 2.05) is 19.9 Å². The van der Waals surface area contributed by atoms with Crippen LogP contribution >= 0.6 is 11.3 Å². The summed E-state index contributed by atoms with van der Waals surface area (Å²) in [5, 5.41) is 4.67. The van der Waals surface area contributed by atoms with E-state index in [2.05, 4.69) is 10.1 Å². The number of hydrogen-bond donors (Lipinski definition) is 0. The van der Waals surface area contributed by atoms with Crippen molar-refractivity contribution in [2.75, 3.05) is 13.1 Å². The van der Waals surface area contributed by atoms with Crippen LogP contribution in [0.15, 0.2) is 18.2 Å². The molecule has 0 bridgehead atoms. The van der Waals surface area contributed by atoms with E-state index in [9.17, 15) is 13.6 Å². The van der Waals surface area contributed by atoms with Gasteiger partial charge in [-0.05, 0) is 26.0 Å². The fraction of sp³-hybridized carbons (Fsp3) is 0.421. The molecular formula is C19H20F2N4O2S. The average Bonchev–Trinajstić information content (AvgIpc) is 3.24. The Kier molecular flexibility index (Phi) is 5.01. The Morgan fingerprint density at radius 1 is 1.29 bits per heavy atom. The lowest BCUT2D eigenvalue weighted by atomic mass is 10.1. The second kappa shape index (κ2) is 7.46. The molecule has 6 nitrogen and oxygen atoms in total. The highest BCUT2D eigenvalue weighted by Crippen LogP contribution is 2.32. The van der Waals surface area contributed by atoms with Gasteiger partial charge in [-0.15, -0.1) is 0 Å². The maximum absolute atomic E-state index is 13.8. The van der Waals surface area contributed by atoms with E-state index in [0.717, 1.165) is 29.6 Å². The maximum Gasteiger partial charge on any atom is 0.274 e. The first-order valence-corrected chi connectivity index (χ1v) is 10.0. The normalized spacial score (nSPS) is 15.4. The van der Waals surface area contributed by atoms with E-state index in [1.54, 1.807) is 9.58 Å². The third-order valence-electron chi connectivity index (χ3n) is 4.89. The highest BCUT2D eigenvalue weighted by atomic mass is 32.1. The van der Waals surface area contributed by atoms with Crippen LogP contribution in [-0.2, 0) is 6.54 Å². The van der Waals surface area contributed by atoms with Crippen molar-refractivity contribution in [1.82, 2.24) is 19.7 Å². The minimum atomic E-state index is -0.691. The second-order valence-corrected chi connectivity index (χ2v) is 7.80. The van der Waals surface area contributed by atoms with Gasteiger partial charge in [0.2, 0.25) is 0 Å². The number of likely N-dealkylation sites (tertiary alicyclic amines) is 1. The predicted octanol–water partition coefficient (Wildman–Crippen LogP) is 3.78. The first-order valence-electron chi connectivity index (χ1n) is 9.20. The number of carbonyl (C=O) groups is 1. The van der Waals surface area contributed by atoms with Crippen LogP contribution < -0.4 is 4.74 Å². The second-order valence-electron chi connectivity index (χ2n) is 6.81. The Labute approximate surface area is 164 Å². The number of thiazole rings is 1. The van der Waals surface area contributed by atoms with E-state index in [4.69, 9.17) is 4.74 Å². The topological polar surface area (TPSA) is 60.2 Å². The molecule has 3 heterocycles. The Balaban J connectivity index is 1.39.